The molecule has 0 bridgehead atoms. The highest BCUT2D eigenvalue weighted by atomic mass is 19.4. The topological polar surface area (TPSA) is 81.4 Å². The normalized spacial score (nSPS) is 11.5. The summed E-state index contributed by atoms with van der Waals surface area (Å²) in [5, 5.41) is 6.87. The first-order valence-corrected chi connectivity index (χ1v) is 8.70. The van der Waals surface area contributed by atoms with Crippen LogP contribution in [-0.4, -0.2) is 32.6 Å². The Morgan fingerprint density at radius 1 is 1.07 bits per heavy atom. The van der Waals surface area contributed by atoms with Gasteiger partial charge in [0.25, 0.3) is 5.91 Å². The van der Waals surface area contributed by atoms with Crippen molar-refractivity contribution in [1.82, 2.24) is 19.6 Å². The Bertz CT molecular complexity index is 1240. The van der Waals surface area contributed by atoms with Gasteiger partial charge in [0.2, 0.25) is 5.88 Å². The molecule has 0 aliphatic rings. The van der Waals surface area contributed by atoms with Crippen LogP contribution in [0.3, 0.4) is 0 Å². The summed E-state index contributed by atoms with van der Waals surface area (Å²) < 4.78 is 46.4. The van der Waals surface area contributed by atoms with E-state index in [4.69, 9.17) is 4.74 Å². The first kappa shape index (κ1) is 19.4. The van der Waals surface area contributed by atoms with Crippen LogP contribution in [0.5, 0.6) is 5.88 Å². The molecule has 152 valence electrons. The average Bonchev–Trinajstić information content (AvgIpc) is 3.15. The standard InChI is InChI=1S/C20H14F3N5O2/c1-30-18-8-4-7-15(25-18)19(29)26-17-11-24-16-10-9-14(27-28(16)17)12-5-2-3-6-13(12)20(21,22)23/h2-11H,1H3,(H,26,29). The van der Waals surface area contributed by atoms with Crippen LogP contribution in [0.2, 0.25) is 0 Å². The highest BCUT2D eigenvalue weighted by molar-refractivity contribution is 6.02. The number of halogens is 3. The number of alkyl halides is 3. The van der Waals surface area contributed by atoms with Crippen LogP contribution in [0.1, 0.15) is 16.1 Å². The van der Waals surface area contributed by atoms with Gasteiger partial charge in [-0.2, -0.15) is 22.8 Å². The maximum absolute atomic E-state index is 13.4. The summed E-state index contributed by atoms with van der Waals surface area (Å²) >= 11 is 0. The van der Waals surface area contributed by atoms with Crippen LogP contribution < -0.4 is 10.1 Å². The van der Waals surface area contributed by atoms with E-state index < -0.39 is 17.6 Å². The molecule has 0 saturated carbocycles. The van der Waals surface area contributed by atoms with E-state index in [2.05, 4.69) is 20.4 Å². The van der Waals surface area contributed by atoms with Gasteiger partial charge in [-0.25, -0.2) is 9.97 Å². The number of aromatic nitrogens is 4. The Morgan fingerprint density at radius 3 is 2.63 bits per heavy atom. The maximum atomic E-state index is 13.4. The zero-order valence-electron chi connectivity index (χ0n) is 15.5. The monoisotopic (exact) mass is 413 g/mol. The fourth-order valence-corrected chi connectivity index (χ4v) is 2.89. The molecule has 0 radical (unpaired) electrons. The summed E-state index contributed by atoms with van der Waals surface area (Å²) in [6, 6.07) is 12.8. The lowest BCUT2D eigenvalue weighted by Crippen LogP contribution is -2.16. The molecule has 0 atom stereocenters. The van der Waals surface area contributed by atoms with Crippen LogP contribution in [0.25, 0.3) is 16.9 Å². The van der Waals surface area contributed by atoms with E-state index in [0.29, 0.717) is 5.65 Å². The first-order valence-electron chi connectivity index (χ1n) is 8.70. The Morgan fingerprint density at radius 2 is 1.87 bits per heavy atom. The molecule has 4 rings (SSSR count). The molecule has 3 aromatic heterocycles. The Balaban J connectivity index is 1.72. The third kappa shape index (κ3) is 3.66. The zero-order chi connectivity index (χ0) is 21.3. The SMILES string of the molecule is COc1cccc(C(=O)Nc2cnc3ccc(-c4ccccc4C(F)(F)F)nn23)n1. The maximum Gasteiger partial charge on any atom is 0.417 e. The second-order valence-corrected chi connectivity index (χ2v) is 6.19. The number of benzene rings is 1. The van der Waals surface area contributed by atoms with Crippen LogP contribution >= 0.6 is 0 Å². The second kappa shape index (κ2) is 7.47. The van der Waals surface area contributed by atoms with Crippen LogP contribution in [0.15, 0.2) is 60.8 Å². The second-order valence-electron chi connectivity index (χ2n) is 6.19. The number of ether oxygens (including phenoxy) is 1. The number of pyridine rings is 1. The number of nitrogens with one attached hydrogen (secondary N) is 1. The molecule has 10 heteroatoms. The molecular formula is C20H14F3N5O2. The number of methoxy groups -OCH3 is 1. The van der Waals surface area contributed by atoms with E-state index in [1.165, 1.54) is 54.2 Å². The number of amides is 1. The summed E-state index contributed by atoms with van der Waals surface area (Å²) in [6.07, 6.45) is -3.17. The molecule has 7 nitrogen and oxygen atoms in total. The van der Waals surface area contributed by atoms with Crippen molar-refractivity contribution < 1.29 is 22.7 Å². The average molecular weight is 413 g/mol. The van der Waals surface area contributed by atoms with Gasteiger partial charge in [0, 0.05) is 11.6 Å². The summed E-state index contributed by atoms with van der Waals surface area (Å²) in [5.74, 6) is -0.0884. The number of nitrogens with zero attached hydrogens (tertiary/aromatic N) is 4. The van der Waals surface area contributed by atoms with Gasteiger partial charge in [0.15, 0.2) is 11.5 Å². The number of fused-ring (bicyclic) bond motifs is 1. The van der Waals surface area contributed by atoms with Gasteiger partial charge in [-0.05, 0) is 24.3 Å². The lowest BCUT2D eigenvalue weighted by Gasteiger charge is -2.12. The van der Waals surface area contributed by atoms with Crippen molar-refractivity contribution in [2.45, 2.75) is 6.18 Å². The largest absolute Gasteiger partial charge is 0.481 e. The number of hydrogen-bond acceptors (Lipinski definition) is 5. The van der Waals surface area contributed by atoms with Gasteiger partial charge in [0.1, 0.15) is 5.69 Å². The molecule has 1 amide bonds. The number of hydrogen-bond donors (Lipinski definition) is 1. The van der Waals surface area contributed by atoms with E-state index >= 15 is 0 Å². The molecule has 0 saturated heterocycles. The molecule has 0 spiro atoms. The Kier molecular flexibility index (Phi) is 4.82. The van der Waals surface area contributed by atoms with Crippen molar-refractivity contribution in [1.29, 1.82) is 0 Å². The quantitative estimate of drug-likeness (QED) is 0.546. The summed E-state index contributed by atoms with van der Waals surface area (Å²) in [6.45, 7) is 0. The van der Waals surface area contributed by atoms with Gasteiger partial charge in [-0.1, -0.05) is 24.3 Å². The molecule has 30 heavy (non-hydrogen) atoms. The number of carbonyl (C=O) groups is 1. The van der Waals surface area contributed by atoms with Crippen molar-refractivity contribution in [3.05, 3.63) is 72.1 Å². The van der Waals surface area contributed by atoms with Gasteiger partial charge in [0.05, 0.1) is 24.6 Å². The van der Waals surface area contributed by atoms with E-state index in [1.807, 2.05) is 0 Å². The van der Waals surface area contributed by atoms with Crippen LogP contribution in [0, 0.1) is 0 Å². The smallest absolute Gasteiger partial charge is 0.417 e. The summed E-state index contributed by atoms with van der Waals surface area (Å²) in [4.78, 5) is 20.7. The third-order valence-corrected chi connectivity index (χ3v) is 4.28. The van der Waals surface area contributed by atoms with Crippen molar-refractivity contribution in [3.8, 4) is 17.1 Å². The molecule has 0 aliphatic carbocycles. The van der Waals surface area contributed by atoms with Crippen LogP contribution in [0.4, 0.5) is 19.0 Å². The minimum Gasteiger partial charge on any atom is -0.481 e. The highest BCUT2D eigenvalue weighted by Gasteiger charge is 2.33. The van der Waals surface area contributed by atoms with E-state index in [9.17, 15) is 18.0 Å². The van der Waals surface area contributed by atoms with E-state index in [-0.39, 0.29) is 28.6 Å². The molecule has 4 aromatic rings. The fraction of sp³-hybridized carbons (Fsp3) is 0.100. The van der Waals surface area contributed by atoms with E-state index in [0.717, 1.165) is 6.07 Å². The zero-order valence-corrected chi connectivity index (χ0v) is 15.5. The lowest BCUT2D eigenvalue weighted by atomic mass is 10.0. The first-order chi connectivity index (χ1) is 14.4. The van der Waals surface area contributed by atoms with Gasteiger partial charge < -0.3 is 10.1 Å². The van der Waals surface area contributed by atoms with Crippen molar-refractivity contribution in [2.75, 3.05) is 12.4 Å². The number of imidazole rings is 1. The molecule has 0 aliphatic heterocycles. The molecular weight excluding hydrogens is 399 g/mol. The number of anilines is 1. The predicted molar refractivity (Wildman–Crippen MR) is 102 cm³/mol. The van der Waals surface area contributed by atoms with Crippen molar-refractivity contribution in [2.24, 2.45) is 0 Å². The lowest BCUT2D eigenvalue weighted by molar-refractivity contribution is -0.137. The number of rotatable bonds is 4. The number of carbonyl (C=O) groups excluding carboxylic acids is 1. The molecule has 3 heterocycles. The predicted octanol–water partition coefficient (Wildman–Crippen LogP) is 4.07. The van der Waals surface area contributed by atoms with E-state index in [1.54, 1.807) is 12.1 Å². The summed E-state index contributed by atoms with van der Waals surface area (Å²) in [7, 11) is 1.43. The van der Waals surface area contributed by atoms with Crippen molar-refractivity contribution in [3.63, 3.8) is 0 Å². The molecule has 1 N–H and O–H groups in total. The molecule has 0 fully saturated rings. The Hall–Kier alpha value is -3.95. The third-order valence-electron chi connectivity index (χ3n) is 4.28. The summed E-state index contributed by atoms with van der Waals surface area (Å²) in [5.41, 5.74) is -0.334. The van der Waals surface area contributed by atoms with Crippen LogP contribution in [-0.2, 0) is 6.18 Å². The van der Waals surface area contributed by atoms with Gasteiger partial charge in [-0.15, -0.1) is 0 Å². The molecule has 1 aromatic carbocycles. The fourth-order valence-electron chi connectivity index (χ4n) is 2.89. The van der Waals surface area contributed by atoms with Gasteiger partial charge in [-0.3, -0.25) is 4.79 Å². The van der Waals surface area contributed by atoms with Crippen molar-refractivity contribution >= 4 is 17.4 Å². The minimum atomic E-state index is -4.53. The highest BCUT2D eigenvalue weighted by Crippen LogP contribution is 2.36. The minimum absolute atomic E-state index is 0.0765. The van der Waals surface area contributed by atoms with Gasteiger partial charge >= 0.3 is 6.18 Å². The Labute approximate surface area is 168 Å². The molecule has 0 unspecified atom stereocenters.